The van der Waals surface area contributed by atoms with Gasteiger partial charge in [0.2, 0.25) is 0 Å². The quantitative estimate of drug-likeness (QED) is 0.769. The molecule has 0 aliphatic carbocycles. The number of benzene rings is 2. The molecule has 1 atom stereocenters. The highest BCUT2D eigenvalue weighted by Gasteiger charge is 2.13. The number of nitrogens with one attached hydrogen (secondary N) is 1. The highest BCUT2D eigenvalue weighted by atomic mass is 35.5. The number of ketones is 1. The Bertz CT molecular complexity index is 762. The fourth-order valence-corrected chi connectivity index (χ4v) is 2.74. The maximum absolute atomic E-state index is 12.0. The van der Waals surface area contributed by atoms with Crippen LogP contribution < -0.4 is 10.1 Å². The summed E-state index contributed by atoms with van der Waals surface area (Å²) in [6, 6.07) is 11.5. The van der Waals surface area contributed by atoms with Crippen LogP contribution in [0, 0.1) is 0 Å². The van der Waals surface area contributed by atoms with Crippen LogP contribution in [0.3, 0.4) is 0 Å². The van der Waals surface area contributed by atoms with Crippen LogP contribution in [-0.2, 0) is 4.79 Å². The number of amides is 1. The second-order valence-electron chi connectivity index (χ2n) is 5.33. The number of Topliss-reactive ketones (excluding diaryl/α,β-unsaturated/α-hetero) is 1. The molecule has 126 valence electrons. The van der Waals surface area contributed by atoms with Gasteiger partial charge in [-0.05, 0) is 43.7 Å². The summed E-state index contributed by atoms with van der Waals surface area (Å²) >= 11 is 12.0. The molecule has 0 saturated heterocycles. The van der Waals surface area contributed by atoms with E-state index in [1.54, 1.807) is 42.5 Å². The molecule has 1 N–H and O–H groups in total. The van der Waals surface area contributed by atoms with Gasteiger partial charge in [-0.1, -0.05) is 41.4 Å². The number of carbonyl (C=O) groups is 2. The van der Waals surface area contributed by atoms with Gasteiger partial charge in [0.25, 0.3) is 5.91 Å². The molecule has 2 aromatic carbocycles. The lowest BCUT2D eigenvalue weighted by molar-refractivity contribution is -0.123. The van der Waals surface area contributed by atoms with Crippen molar-refractivity contribution in [3.8, 4) is 5.75 Å². The predicted molar refractivity (Wildman–Crippen MR) is 95.0 cm³/mol. The Labute approximate surface area is 150 Å². The van der Waals surface area contributed by atoms with E-state index in [0.717, 1.165) is 5.56 Å². The van der Waals surface area contributed by atoms with Crippen molar-refractivity contribution in [3.63, 3.8) is 0 Å². The zero-order chi connectivity index (χ0) is 17.7. The zero-order valence-electron chi connectivity index (χ0n) is 13.3. The molecule has 0 bridgehead atoms. The normalized spacial score (nSPS) is 11.7. The molecule has 0 aromatic heterocycles. The van der Waals surface area contributed by atoms with E-state index in [0.29, 0.717) is 21.4 Å². The largest absolute Gasteiger partial charge is 0.484 e. The fourth-order valence-electron chi connectivity index (χ4n) is 2.17. The maximum Gasteiger partial charge on any atom is 0.258 e. The topological polar surface area (TPSA) is 55.4 Å². The molecule has 0 spiro atoms. The minimum absolute atomic E-state index is 0.0593. The summed E-state index contributed by atoms with van der Waals surface area (Å²) < 4.78 is 5.43. The summed E-state index contributed by atoms with van der Waals surface area (Å²) in [6.45, 7) is 3.14. The van der Waals surface area contributed by atoms with E-state index >= 15 is 0 Å². The van der Waals surface area contributed by atoms with Gasteiger partial charge >= 0.3 is 0 Å². The Morgan fingerprint density at radius 1 is 1.17 bits per heavy atom. The standard InChI is InChI=1S/C18H17Cl2NO3/c1-11(16-7-6-14(19)9-17(16)20)21-18(23)10-24-15-5-3-4-13(8-15)12(2)22/h3-9,11H,10H2,1-2H3,(H,21,23). The van der Waals surface area contributed by atoms with Crippen molar-refractivity contribution in [2.45, 2.75) is 19.9 Å². The smallest absolute Gasteiger partial charge is 0.258 e. The van der Waals surface area contributed by atoms with E-state index in [1.807, 2.05) is 6.92 Å². The molecule has 1 unspecified atom stereocenters. The first-order valence-corrected chi connectivity index (χ1v) is 8.10. The molecule has 4 nitrogen and oxygen atoms in total. The number of ether oxygens (including phenoxy) is 1. The summed E-state index contributed by atoms with van der Waals surface area (Å²) in [5, 5.41) is 3.83. The molecule has 0 radical (unpaired) electrons. The minimum atomic E-state index is -0.290. The molecule has 6 heteroatoms. The summed E-state index contributed by atoms with van der Waals surface area (Å²) in [6.07, 6.45) is 0. The Kier molecular flexibility index (Phi) is 6.23. The third-order valence-electron chi connectivity index (χ3n) is 3.42. The van der Waals surface area contributed by atoms with Crippen LogP contribution in [0.1, 0.15) is 35.8 Å². The van der Waals surface area contributed by atoms with Crippen molar-refractivity contribution >= 4 is 34.9 Å². The lowest BCUT2D eigenvalue weighted by Gasteiger charge is -2.16. The Morgan fingerprint density at radius 2 is 1.92 bits per heavy atom. The Balaban J connectivity index is 1.93. The van der Waals surface area contributed by atoms with E-state index in [9.17, 15) is 9.59 Å². The number of rotatable bonds is 6. The van der Waals surface area contributed by atoms with Gasteiger partial charge in [0.15, 0.2) is 12.4 Å². The van der Waals surface area contributed by atoms with E-state index in [2.05, 4.69) is 5.32 Å². The van der Waals surface area contributed by atoms with Crippen LogP contribution in [0.15, 0.2) is 42.5 Å². The predicted octanol–water partition coefficient (Wildman–Crippen LogP) is 4.45. The molecule has 0 aliphatic rings. The van der Waals surface area contributed by atoms with Gasteiger partial charge in [-0.25, -0.2) is 0 Å². The molecule has 2 aromatic rings. The van der Waals surface area contributed by atoms with Crippen LogP contribution in [0.4, 0.5) is 0 Å². The second kappa shape index (κ2) is 8.18. The van der Waals surface area contributed by atoms with E-state index < -0.39 is 0 Å². The van der Waals surface area contributed by atoms with Gasteiger partial charge in [0.1, 0.15) is 5.75 Å². The van der Waals surface area contributed by atoms with Gasteiger partial charge in [0, 0.05) is 15.6 Å². The first-order valence-electron chi connectivity index (χ1n) is 7.35. The summed E-state index contributed by atoms with van der Waals surface area (Å²) in [7, 11) is 0. The van der Waals surface area contributed by atoms with Crippen LogP contribution in [0.5, 0.6) is 5.75 Å². The molecule has 2 rings (SSSR count). The second-order valence-corrected chi connectivity index (χ2v) is 6.17. The first kappa shape index (κ1) is 18.3. The van der Waals surface area contributed by atoms with E-state index in [4.69, 9.17) is 27.9 Å². The van der Waals surface area contributed by atoms with Crippen LogP contribution in [-0.4, -0.2) is 18.3 Å². The first-order chi connectivity index (χ1) is 11.4. The average Bonchev–Trinajstić information content (AvgIpc) is 2.53. The molecule has 0 aliphatic heterocycles. The molecule has 24 heavy (non-hydrogen) atoms. The summed E-state index contributed by atoms with van der Waals surface area (Å²) in [4.78, 5) is 23.4. The number of hydrogen-bond acceptors (Lipinski definition) is 3. The van der Waals surface area contributed by atoms with Gasteiger partial charge in [-0.2, -0.15) is 0 Å². The maximum atomic E-state index is 12.0. The van der Waals surface area contributed by atoms with Crippen LogP contribution >= 0.6 is 23.2 Å². The molecular formula is C18H17Cl2NO3. The van der Waals surface area contributed by atoms with Gasteiger partial charge < -0.3 is 10.1 Å². The molecule has 1 amide bonds. The van der Waals surface area contributed by atoms with E-state index in [-0.39, 0.29) is 24.3 Å². The van der Waals surface area contributed by atoms with Crippen molar-refractivity contribution in [2.24, 2.45) is 0 Å². The van der Waals surface area contributed by atoms with Gasteiger partial charge in [0.05, 0.1) is 6.04 Å². The monoisotopic (exact) mass is 365 g/mol. The Morgan fingerprint density at radius 3 is 2.58 bits per heavy atom. The summed E-state index contributed by atoms with van der Waals surface area (Å²) in [5.74, 6) is 0.118. The Hall–Kier alpha value is -2.04. The third kappa shape index (κ3) is 4.98. The SMILES string of the molecule is CC(=O)c1cccc(OCC(=O)NC(C)c2ccc(Cl)cc2Cl)c1. The summed E-state index contributed by atoms with van der Waals surface area (Å²) in [5.41, 5.74) is 1.31. The van der Waals surface area contributed by atoms with Gasteiger partial charge in [-0.3, -0.25) is 9.59 Å². The molecule has 0 fully saturated rings. The van der Waals surface area contributed by atoms with E-state index in [1.165, 1.54) is 6.92 Å². The number of halogens is 2. The van der Waals surface area contributed by atoms with Crippen molar-refractivity contribution < 1.29 is 14.3 Å². The van der Waals surface area contributed by atoms with Crippen LogP contribution in [0.2, 0.25) is 10.0 Å². The zero-order valence-corrected chi connectivity index (χ0v) is 14.8. The fraction of sp³-hybridized carbons (Fsp3) is 0.222. The lowest BCUT2D eigenvalue weighted by atomic mass is 10.1. The van der Waals surface area contributed by atoms with Crippen LogP contribution in [0.25, 0.3) is 0 Å². The van der Waals surface area contributed by atoms with Crippen molar-refractivity contribution in [1.82, 2.24) is 5.32 Å². The highest BCUT2D eigenvalue weighted by Crippen LogP contribution is 2.26. The molecule has 0 heterocycles. The van der Waals surface area contributed by atoms with Crippen molar-refractivity contribution in [3.05, 3.63) is 63.6 Å². The number of carbonyl (C=O) groups excluding carboxylic acids is 2. The number of hydrogen-bond donors (Lipinski definition) is 1. The van der Waals surface area contributed by atoms with Crippen molar-refractivity contribution in [2.75, 3.05) is 6.61 Å². The molecular weight excluding hydrogens is 349 g/mol. The van der Waals surface area contributed by atoms with Gasteiger partial charge in [-0.15, -0.1) is 0 Å². The minimum Gasteiger partial charge on any atom is -0.484 e. The lowest BCUT2D eigenvalue weighted by Crippen LogP contribution is -2.31. The average molecular weight is 366 g/mol. The highest BCUT2D eigenvalue weighted by molar-refractivity contribution is 6.35. The third-order valence-corrected chi connectivity index (χ3v) is 3.98. The van der Waals surface area contributed by atoms with Crippen molar-refractivity contribution in [1.29, 1.82) is 0 Å². The molecule has 0 saturated carbocycles.